The first kappa shape index (κ1) is 21.5. The molecular formula is C23H32F2N2O3. The lowest BCUT2D eigenvalue weighted by atomic mass is 9.94. The normalized spacial score (nSPS) is 27.1. The molecule has 1 aromatic rings. The van der Waals surface area contributed by atoms with Gasteiger partial charge < -0.3 is 14.4 Å². The molecule has 4 rings (SSSR count). The number of carbonyl (C=O) groups is 1. The fourth-order valence-electron chi connectivity index (χ4n) is 4.62. The molecular weight excluding hydrogens is 390 g/mol. The van der Waals surface area contributed by atoms with Crippen molar-refractivity contribution in [2.75, 3.05) is 39.4 Å². The molecule has 2 saturated heterocycles. The van der Waals surface area contributed by atoms with Crippen molar-refractivity contribution in [3.63, 3.8) is 0 Å². The van der Waals surface area contributed by atoms with Crippen LogP contribution in [0.2, 0.25) is 0 Å². The Hall–Kier alpha value is -1.73. The Balaban J connectivity index is 1.15. The number of rotatable bonds is 7. The number of hydrogen-bond donors (Lipinski definition) is 0. The van der Waals surface area contributed by atoms with Crippen LogP contribution in [0.4, 0.5) is 13.6 Å². The van der Waals surface area contributed by atoms with Crippen LogP contribution in [-0.2, 0) is 16.1 Å². The third kappa shape index (κ3) is 5.70. The number of likely N-dealkylation sites (tertiary alicyclic amines) is 2. The zero-order chi connectivity index (χ0) is 21.0. The highest BCUT2D eigenvalue weighted by atomic mass is 19.3. The maximum absolute atomic E-state index is 13.0. The largest absolute Gasteiger partial charge is 0.445 e. The van der Waals surface area contributed by atoms with Crippen molar-refractivity contribution < 1.29 is 23.0 Å². The summed E-state index contributed by atoms with van der Waals surface area (Å²) in [7, 11) is 0. The molecule has 3 aliphatic rings. The van der Waals surface area contributed by atoms with Crippen LogP contribution in [0.1, 0.15) is 37.7 Å². The molecule has 1 aliphatic carbocycles. The molecule has 7 heteroatoms. The summed E-state index contributed by atoms with van der Waals surface area (Å²) in [4.78, 5) is 16.7. The minimum atomic E-state index is -2.49. The topological polar surface area (TPSA) is 42.0 Å². The van der Waals surface area contributed by atoms with E-state index < -0.39 is 11.8 Å². The predicted octanol–water partition coefficient (Wildman–Crippen LogP) is 4.17. The third-order valence-corrected chi connectivity index (χ3v) is 6.62. The maximum Gasteiger partial charge on any atom is 0.410 e. The van der Waals surface area contributed by atoms with Gasteiger partial charge in [0.25, 0.3) is 5.92 Å². The summed E-state index contributed by atoms with van der Waals surface area (Å²) in [6.07, 6.45) is 3.86. The Morgan fingerprint density at radius 2 is 1.80 bits per heavy atom. The van der Waals surface area contributed by atoms with Crippen LogP contribution in [0.25, 0.3) is 0 Å². The van der Waals surface area contributed by atoms with E-state index in [1.165, 1.54) is 0 Å². The Bertz CT molecular complexity index is 695. The molecule has 0 radical (unpaired) electrons. The fraction of sp³-hybridized carbons (Fsp3) is 0.696. The molecule has 1 saturated carbocycles. The van der Waals surface area contributed by atoms with Crippen molar-refractivity contribution in [3.05, 3.63) is 35.9 Å². The molecule has 2 atom stereocenters. The van der Waals surface area contributed by atoms with Gasteiger partial charge in [-0.1, -0.05) is 30.3 Å². The van der Waals surface area contributed by atoms with E-state index in [1.807, 2.05) is 30.3 Å². The van der Waals surface area contributed by atoms with Crippen molar-refractivity contribution >= 4 is 6.09 Å². The van der Waals surface area contributed by atoms with Crippen molar-refractivity contribution in [2.24, 2.45) is 11.8 Å². The van der Waals surface area contributed by atoms with Gasteiger partial charge in [0.1, 0.15) is 6.61 Å². The van der Waals surface area contributed by atoms with Crippen molar-refractivity contribution in [2.45, 2.75) is 50.7 Å². The molecule has 2 unspecified atom stereocenters. The molecule has 1 amide bonds. The summed E-state index contributed by atoms with van der Waals surface area (Å²) in [6, 6.07) is 10.2. The first-order valence-electron chi connectivity index (χ1n) is 11.2. The second-order valence-electron chi connectivity index (χ2n) is 8.96. The van der Waals surface area contributed by atoms with E-state index in [0.29, 0.717) is 38.3 Å². The lowest BCUT2D eigenvalue weighted by Crippen LogP contribution is -2.50. The van der Waals surface area contributed by atoms with Crippen LogP contribution in [0.15, 0.2) is 30.3 Å². The number of hydrogen-bond acceptors (Lipinski definition) is 4. The zero-order valence-electron chi connectivity index (χ0n) is 17.5. The van der Waals surface area contributed by atoms with Gasteiger partial charge in [-0.2, -0.15) is 0 Å². The van der Waals surface area contributed by atoms with Crippen LogP contribution in [-0.4, -0.2) is 67.3 Å². The van der Waals surface area contributed by atoms with Crippen molar-refractivity contribution in [1.82, 2.24) is 9.80 Å². The van der Waals surface area contributed by atoms with Gasteiger partial charge in [0.2, 0.25) is 0 Å². The average molecular weight is 423 g/mol. The number of ether oxygens (including phenoxy) is 2. The average Bonchev–Trinajstić information content (AvgIpc) is 3.39. The van der Waals surface area contributed by atoms with Gasteiger partial charge in [-0.15, -0.1) is 0 Å². The third-order valence-electron chi connectivity index (χ3n) is 6.62. The van der Waals surface area contributed by atoms with Gasteiger partial charge in [-0.3, -0.25) is 4.90 Å². The van der Waals surface area contributed by atoms with Crippen molar-refractivity contribution in [1.29, 1.82) is 0 Å². The van der Waals surface area contributed by atoms with E-state index in [-0.39, 0.29) is 19.1 Å². The van der Waals surface area contributed by atoms with E-state index in [2.05, 4.69) is 4.90 Å². The molecule has 0 N–H and O–H groups in total. The Morgan fingerprint density at radius 1 is 1.07 bits per heavy atom. The SMILES string of the molecule is O=C(OCc1ccccc1)N1CCC(N2CCCC(COCC3CC3(F)F)C2)CC1. The Labute approximate surface area is 177 Å². The standard InChI is InChI=1S/C23H32F2N2O3/c24-23(25)13-20(23)17-29-15-19-7-4-10-27(14-19)21-8-11-26(12-9-21)22(28)30-16-18-5-2-1-3-6-18/h1-3,5-6,19-21H,4,7-17H2. The minimum absolute atomic E-state index is 0.0177. The number of carbonyl (C=O) groups excluding carboxylic acids is 1. The monoisotopic (exact) mass is 422 g/mol. The molecule has 2 heterocycles. The van der Waals surface area contributed by atoms with E-state index >= 15 is 0 Å². The van der Waals surface area contributed by atoms with E-state index in [1.54, 1.807) is 4.90 Å². The first-order valence-corrected chi connectivity index (χ1v) is 11.2. The van der Waals surface area contributed by atoms with Crippen LogP contribution >= 0.6 is 0 Å². The maximum atomic E-state index is 13.0. The highest BCUT2D eigenvalue weighted by molar-refractivity contribution is 5.67. The summed E-state index contributed by atoms with van der Waals surface area (Å²) in [5.41, 5.74) is 0.993. The number of nitrogens with zero attached hydrogens (tertiary/aromatic N) is 2. The van der Waals surface area contributed by atoms with Crippen molar-refractivity contribution in [3.8, 4) is 0 Å². The van der Waals surface area contributed by atoms with Crippen LogP contribution in [0.3, 0.4) is 0 Å². The molecule has 166 valence electrons. The van der Waals surface area contributed by atoms with E-state index in [9.17, 15) is 13.6 Å². The summed E-state index contributed by atoms with van der Waals surface area (Å²) < 4.78 is 37.0. The summed E-state index contributed by atoms with van der Waals surface area (Å²) >= 11 is 0. The number of alkyl halides is 2. The Kier molecular flexibility index (Phi) is 6.88. The van der Waals surface area contributed by atoms with Gasteiger partial charge in [0, 0.05) is 32.1 Å². The molecule has 30 heavy (non-hydrogen) atoms. The number of benzene rings is 1. The van der Waals surface area contributed by atoms with Gasteiger partial charge in [-0.05, 0) is 43.7 Å². The number of amides is 1. The van der Waals surface area contributed by atoms with E-state index in [0.717, 1.165) is 44.3 Å². The quantitative estimate of drug-likeness (QED) is 0.661. The lowest BCUT2D eigenvalue weighted by molar-refractivity contribution is 0.0120. The van der Waals surface area contributed by atoms with Gasteiger partial charge in [0.05, 0.1) is 19.1 Å². The molecule has 0 spiro atoms. The highest BCUT2D eigenvalue weighted by Gasteiger charge is 2.56. The summed E-state index contributed by atoms with van der Waals surface area (Å²) in [5.74, 6) is -2.64. The molecule has 3 fully saturated rings. The minimum Gasteiger partial charge on any atom is -0.445 e. The highest BCUT2D eigenvalue weighted by Crippen LogP contribution is 2.48. The number of piperidine rings is 2. The summed E-state index contributed by atoms with van der Waals surface area (Å²) in [5, 5.41) is 0. The molecule has 0 aromatic heterocycles. The molecule has 5 nitrogen and oxygen atoms in total. The second-order valence-corrected chi connectivity index (χ2v) is 8.96. The van der Waals surface area contributed by atoms with Crippen LogP contribution in [0, 0.1) is 11.8 Å². The second kappa shape index (κ2) is 9.60. The Morgan fingerprint density at radius 3 is 2.50 bits per heavy atom. The van der Waals surface area contributed by atoms with Crippen LogP contribution in [0.5, 0.6) is 0 Å². The molecule has 1 aromatic carbocycles. The smallest absolute Gasteiger partial charge is 0.410 e. The van der Waals surface area contributed by atoms with E-state index in [4.69, 9.17) is 9.47 Å². The molecule has 0 bridgehead atoms. The molecule has 2 aliphatic heterocycles. The van der Waals surface area contributed by atoms with Crippen LogP contribution < -0.4 is 0 Å². The zero-order valence-corrected chi connectivity index (χ0v) is 17.5. The van der Waals surface area contributed by atoms with Gasteiger partial charge in [-0.25, -0.2) is 13.6 Å². The van der Waals surface area contributed by atoms with Gasteiger partial charge >= 0.3 is 6.09 Å². The summed E-state index contributed by atoms with van der Waals surface area (Å²) in [6.45, 7) is 4.53. The fourth-order valence-corrected chi connectivity index (χ4v) is 4.62. The first-order chi connectivity index (χ1) is 14.5. The predicted molar refractivity (Wildman–Crippen MR) is 109 cm³/mol. The van der Waals surface area contributed by atoms with Gasteiger partial charge in [0.15, 0.2) is 0 Å². The lowest BCUT2D eigenvalue weighted by Gasteiger charge is -2.42. The number of halogens is 2.